The highest BCUT2D eigenvalue weighted by molar-refractivity contribution is 5.94. The molecule has 0 aliphatic carbocycles. The summed E-state index contributed by atoms with van der Waals surface area (Å²) >= 11 is 0. The number of benzene rings is 2. The van der Waals surface area contributed by atoms with Gasteiger partial charge in [0.05, 0.1) is 13.0 Å². The number of carbonyl (C=O) groups excluding carboxylic acids is 3. The van der Waals surface area contributed by atoms with Crippen molar-refractivity contribution in [3.8, 4) is 5.75 Å². The Hall–Kier alpha value is -3.35. The normalized spacial score (nSPS) is 10.0. The van der Waals surface area contributed by atoms with Gasteiger partial charge in [-0.25, -0.2) is 0 Å². The van der Waals surface area contributed by atoms with Gasteiger partial charge >= 0.3 is 5.97 Å². The van der Waals surface area contributed by atoms with Gasteiger partial charge in [0.1, 0.15) is 5.75 Å². The molecule has 0 heterocycles. The molecule has 0 atom stereocenters. The zero-order valence-corrected chi connectivity index (χ0v) is 15.3. The lowest BCUT2D eigenvalue weighted by molar-refractivity contribution is -0.147. The molecule has 2 aromatic rings. The van der Waals surface area contributed by atoms with Gasteiger partial charge in [0.2, 0.25) is 5.91 Å². The summed E-state index contributed by atoms with van der Waals surface area (Å²) in [6.45, 7) is 3.09. The first-order valence-corrected chi connectivity index (χ1v) is 8.45. The van der Waals surface area contributed by atoms with E-state index < -0.39 is 18.5 Å². The fraction of sp³-hybridized carbons (Fsp3) is 0.250. The van der Waals surface area contributed by atoms with Crippen LogP contribution in [0, 0.1) is 6.92 Å². The van der Waals surface area contributed by atoms with Crippen molar-refractivity contribution < 1.29 is 23.9 Å². The van der Waals surface area contributed by atoms with Crippen LogP contribution in [-0.4, -0.2) is 31.0 Å². The summed E-state index contributed by atoms with van der Waals surface area (Å²) in [4.78, 5) is 34.7. The number of amides is 2. The maximum absolute atomic E-state index is 11.9. The van der Waals surface area contributed by atoms with Crippen molar-refractivity contribution >= 4 is 29.2 Å². The average Bonchev–Trinajstić information content (AvgIpc) is 2.61. The predicted molar refractivity (Wildman–Crippen MR) is 102 cm³/mol. The molecule has 0 saturated carbocycles. The minimum atomic E-state index is -0.522. The number of hydrogen-bond donors (Lipinski definition) is 2. The number of hydrogen-bond acceptors (Lipinski definition) is 5. The van der Waals surface area contributed by atoms with Crippen molar-refractivity contribution in [3.05, 3.63) is 54.1 Å². The summed E-state index contributed by atoms with van der Waals surface area (Å²) in [5.41, 5.74) is 2.03. The second-order valence-electron chi connectivity index (χ2n) is 5.83. The van der Waals surface area contributed by atoms with Crippen LogP contribution in [0.25, 0.3) is 0 Å². The number of rotatable bonds is 8. The van der Waals surface area contributed by atoms with Gasteiger partial charge in [0.25, 0.3) is 5.91 Å². The molecule has 7 heteroatoms. The Morgan fingerprint density at radius 1 is 0.963 bits per heavy atom. The summed E-state index contributed by atoms with van der Waals surface area (Å²) in [6.07, 6.45) is 0.0413. The smallest absolute Gasteiger partial charge is 0.309 e. The Balaban J connectivity index is 1.71. The maximum atomic E-state index is 11.9. The van der Waals surface area contributed by atoms with Gasteiger partial charge in [0, 0.05) is 18.3 Å². The van der Waals surface area contributed by atoms with E-state index in [-0.39, 0.29) is 18.9 Å². The Bertz CT molecular complexity index is 820. The molecule has 7 nitrogen and oxygen atoms in total. The van der Waals surface area contributed by atoms with Crippen molar-refractivity contribution in [1.82, 2.24) is 0 Å². The van der Waals surface area contributed by atoms with Gasteiger partial charge in [-0.1, -0.05) is 24.3 Å². The molecule has 0 aromatic heterocycles. The highest BCUT2D eigenvalue weighted by Gasteiger charge is 2.09. The van der Waals surface area contributed by atoms with Crippen LogP contribution in [0.5, 0.6) is 5.75 Å². The fourth-order valence-electron chi connectivity index (χ4n) is 2.26. The van der Waals surface area contributed by atoms with Crippen LogP contribution in [0.2, 0.25) is 0 Å². The van der Waals surface area contributed by atoms with Gasteiger partial charge in [0.15, 0.2) is 6.61 Å². The molecular formula is C20H22N2O5. The second kappa shape index (κ2) is 9.96. The third kappa shape index (κ3) is 7.19. The van der Waals surface area contributed by atoms with Crippen molar-refractivity contribution in [2.75, 3.05) is 23.8 Å². The Morgan fingerprint density at radius 2 is 1.67 bits per heavy atom. The summed E-state index contributed by atoms with van der Waals surface area (Å²) in [5.74, 6) is -0.490. The third-order valence-electron chi connectivity index (χ3n) is 3.49. The first-order chi connectivity index (χ1) is 12.9. The summed E-state index contributed by atoms with van der Waals surface area (Å²) in [5, 5.41) is 5.22. The summed E-state index contributed by atoms with van der Waals surface area (Å²) in [7, 11) is 0. The SMILES string of the molecule is CC(=O)Nc1cccc(NC(=O)COC(=O)CCOc2ccccc2C)c1. The largest absolute Gasteiger partial charge is 0.493 e. The summed E-state index contributed by atoms with van der Waals surface area (Å²) in [6, 6.07) is 14.2. The van der Waals surface area contributed by atoms with E-state index >= 15 is 0 Å². The van der Waals surface area contributed by atoms with Crippen LogP contribution in [0.1, 0.15) is 18.9 Å². The van der Waals surface area contributed by atoms with E-state index in [1.165, 1.54) is 6.92 Å². The van der Waals surface area contributed by atoms with E-state index in [2.05, 4.69) is 10.6 Å². The molecule has 0 aliphatic rings. The standard InChI is InChI=1S/C20H22N2O5/c1-14-6-3-4-9-18(14)26-11-10-20(25)27-13-19(24)22-17-8-5-7-16(12-17)21-15(2)23/h3-9,12H,10-11,13H2,1-2H3,(H,21,23)(H,22,24). The number of anilines is 2. The van der Waals surface area contributed by atoms with E-state index in [4.69, 9.17) is 9.47 Å². The lowest BCUT2D eigenvalue weighted by Gasteiger charge is -2.10. The van der Waals surface area contributed by atoms with Gasteiger partial charge < -0.3 is 20.1 Å². The number of esters is 1. The monoisotopic (exact) mass is 370 g/mol. The zero-order chi connectivity index (χ0) is 19.6. The predicted octanol–water partition coefficient (Wildman–Crippen LogP) is 2.90. The van der Waals surface area contributed by atoms with Crippen molar-refractivity contribution in [1.29, 1.82) is 0 Å². The molecule has 0 unspecified atom stereocenters. The zero-order valence-electron chi connectivity index (χ0n) is 15.3. The Labute approximate surface area is 157 Å². The van der Waals surface area contributed by atoms with E-state index in [1.54, 1.807) is 24.3 Å². The van der Waals surface area contributed by atoms with E-state index in [0.29, 0.717) is 17.1 Å². The van der Waals surface area contributed by atoms with Crippen LogP contribution in [0.15, 0.2) is 48.5 Å². The Kier molecular flexibility index (Phi) is 7.37. The topological polar surface area (TPSA) is 93.7 Å². The number of aryl methyl sites for hydroxylation is 1. The van der Waals surface area contributed by atoms with E-state index in [1.807, 2.05) is 31.2 Å². The molecule has 2 N–H and O–H groups in total. The lowest BCUT2D eigenvalue weighted by Crippen LogP contribution is -2.21. The second-order valence-corrected chi connectivity index (χ2v) is 5.83. The van der Waals surface area contributed by atoms with Crippen LogP contribution in [0.4, 0.5) is 11.4 Å². The lowest BCUT2D eigenvalue weighted by atomic mass is 10.2. The first kappa shape index (κ1) is 20.0. The number of nitrogens with one attached hydrogen (secondary N) is 2. The highest BCUT2D eigenvalue weighted by Crippen LogP contribution is 2.16. The summed E-state index contributed by atoms with van der Waals surface area (Å²) < 4.78 is 10.5. The minimum Gasteiger partial charge on any atom is -0.493 e. The molecule has 2 aromatic carbocycles. The van der Waals surface area contributed by atoms with Crippen LogP contribution in [0.3, 0.4) is 0 Å². The Morgan fingerprint density at radius 3 is 2.37 bits per heavy atom. The van der Waals surface area contributed by atoms with Gasteiger partial charge in [-0.2, -0.15) is 0 Å². The van der Waals surface area contributed by atoms with E-state index in [9.17, 15) is 14.4 Å². The molecule has 27 heavy (non-hydrogen) atoms. The quantitative estimate of drug-likeness (QED) is 0.697. The molecule has 0 bridgehead atoms. The fourth-order valence-corrected chi connectivity index (χ4v) is 2.26. The minimum absolute atomic E-state index is 0.0413. The van der Waals surface area contributed by atoms with Gasteiger partial charge in [-0.05, 0) is 36.8 Å². The van der Waals surface area contributed by atoms with Gasteiger partial charge in [-0.15, -0.1) is 0 Å². The third-order valence-corrected chi connectivity index (χ3v) is 3.49. The number of carbonyl (C=O) groups is 3. The van der Waals surface area contributed by atoms with Crippen molar-refractivity contribution in [2.45, 2.75) is 20.3 Å². The molecule has 0 radical (unpaired) electrons. The molecule has 0 spiro atoms. The maximum Gasteiger partial charge on any atom is 0.309 e. The number of ether oxygens (including phenoxy) is 2. The molecule has 2 amide bonds. The molecule has 0 aliphatic heterocycles. The van der Waals surface area contributed by atoms with Crippen LogP contribution < -0.4 is 15.4 Å². The van der Waals surface area contributed by atoms with Crippen LogP contribution in [-0.2, 0) is 19.1 Å². The van der Waals surface area contributed by atoms with E-state index in [0.717, 1.165) is 5.56 Å². The van der Waals surface area contributed by atoms with Crippen molar-refractivity contribution in [3.63, 3.8) is 0 Å². The van der Waals surface area contributed by atoms with Gasteiger partial charge in [-0.3, -0.25) is 14.4 Å². The number of para-hydroxylation sites is 1. The highest BCUT2D eigenvalue weighted by atomic mass is 16.5. The molecule has 142 valence electrons. The first-order valence-electron chi connectivity index (χ1n) is 8.45. The average molecular weight is 370 g/mol. The molecule has 0 saturated heterocycles. The van der Waals surface area contributed by atoms with Crippen LogP contribution >= 0.6 is 0 Å². The molecule has 0 fully saturated rings. The van der Waals surface area contributed by atoms with Crippen molar-refractivity contribution in [2.24, 2.45) is 0 Å². The molecule has 2 rings (SSSR count). The molecular weight excluding hydrogens is 348 g/mol.